The molecule has 0 spiro atoms. The zero-order valence-electron chi connectivity index (χ0n) is 14.6. The molecule has 0 aliphatic carbocycles. The Hall–Kier alpha value is -3.00. The van der Waals surface area contributed by atoms with Gasteiger partial charge in [0.05, 0.1) is 0 Å². The number of H-pyrrole nitrogens is 1. The van der Waals surface area contributed by atoms with Crippen molar-refractivity contribution >= 4 is 42.4 Å². The fraction of sp³-hybridized carbons (Fsp3) is 0. The number of fused-ring (bicyclic) bond motifs is 3. The van der Waals surface area contributed by atoms with E-state index in [2.05, 4.69) is 59.6 Å². The van der Waals surface area contributed by atoms with Crippen LogP contribution in [0, 0.1) is 0 Å². The average Bonchev–Trinajstić information content (AvgIpc) is 3.13. The van der Waals surface area contributed by atoms with Crippen molar-refractivity contribution in [2.45, 2.75) is 0 Å². The van der Waals surface area contributed by atoms with E-state index in [1.165, 1.54) is 26.6 Å². The van der Waals surface area contributed by atoms with Gasteiger partial charge in [0.2, 0.25) is 5.52 Å². The summed E-state index contributed by atoms with van der Waals surface area (Å²) in [4.78, 5) is 3.41. The van der Waals surface area contributed by atoms with E-state index in [0.29, 0.717) is 0 Å². The van der Waals surface area contributed by atoms with Gasteiger partial charge in [-0.2, -0.15) is 4.98 Å². The van der Waals surface area contributed by atoms with Gasteiger partial charge < -0.3 is 5.11 Å². The van der Waals surface area contributed by atoms with Crippen LogP contribution in [0.25, 0.3) is 42.7 Å². The number of hydrogen-bond acceptors (Lipinski definition) is 2. The molecule has 124 valence electrons. The standard InChI is InChI=1S/C23H15NOS.Be/c25-21-9-5-4-8-19(21)23-24-20-13-11-17-14-16(15-6-2-1-3-7-15)10-12-18(17)22(20)26-23;/h1-14,25H;/q;+2. The van der Waals surface area contributed by atoms with Gasteiger partial charge in [-0.25, -0.2) is 0 Å². The molecule has 2 nitrogen and oxygen atoms in total. The first kappa shape index (κ1) is 17.4. The number of aromatic amines is 1. The van der Waals surface area contributed by atoms with Crippen LogP contribution in [0.4, 0.5) is 0 Å². The van der Waals surface area contributed by atoms with Crippen molar-refractivity contribution in [3.8, 4) is 27.4 Å². The summed E-state index contributed by atoms with van der Waals surface area (Å²) in [6, 6.07) is 28.4. The van der Waals surface area contributed by atoms with E-state index in [1.807, 2.05) is 18.2 Å². The summed E-state index contributed by atoms with van der Waals surface area (Å²) in [5.41, 5.74) is 4.22. The van der Waals surface area contributed by atoms with Gasteiger partial charge in [0.1, 0.15) is 4.70 Å². The Morgan fingerprint density at radius 3 is 2.33 bits per heavy atom. The molecule has 1 heterocycles. The van der Waals surface area contributed by atoms with E-state index in [1.54, 1.807) is 23.5 Å². The summed E-state index contributed by atoms with van der Waals surface area (Å²) in [5, 5.41) is 15.5. The third kappa shape index (κ3) is 3.01. The van der Waals surface area contributed by atoms with Gasteiger partial charge in [-0.3, -0.25) is 0 Å². The van der Waals surface area contributed by atoms with Crippen molar-refractivity contribution in [1.29, 1.82) is 0 Å². The van der Waals surface area contributed by atoms with Gasteiger partial charge in [-0.05, 0) is 34.7 Å². The Bertz CT molecular complexity index is 1250. The van der Waals surface area contributed by atoms with Crippen LogP contribution in [0.1, 0.15) is 0 Å². The first-order valence-electron chi connectivity index (χ1n) is 8.50. The molecule has 5 rings (SSSR count). The summed E-state index contributed by atoms with van der Waals surface area (Å²) in [5.74, 6) is 0.0472. The maximum absolute atomic E-state index is 12.1. The first-order chi connectivity index (χ1) is 12.8. The predicted molar refractivity (Wildman–Crippen MR) is 112 cm³/mol. The second-order valence-corrected chi connectivity index (χ2v) is 7.32. The van der Waals surface area contributed by atoms with E-state index in [-0.39, 0.29) is 15.9 Å². The Labute approximate surface area is 165 Å². The Morgan fingerprint density at radius 2 is 1.52 bits per heavy atom. The molecule has 0 saturated carbocycles. The van der Waals surface area contributed by atoms with E-state index in [4.69, 9.17) is 0 Å². The van der Waals surface area contributed by atoms with Gasteiger partial charge in [0, 0.05) is 17.0 Å². The van der Waals surface area contributed by atoms with Crippen LogP contribution in [-0.2, 0) is 0 Å². The predicted octanol–water partition coefficient (Wildman–Crippen LogP) is 4.90. The minimum absolute atomic E-state index is 0. The van der Waals surface area contributed by atoms with E-state index < -0.39 is 0 Å². The van der Waals surface area contributed by atoms with E-state index >= 15 is 0 Å². The summed E-state index contributed by atoms with van der Waals surface area (Å²) in [6.45, 7) is 0. The molecule has 0 aliphatic heterocycles. The van der Waals surface area contributed by atoms with Crippen molar-refractivity contribution in [1.82, 2.24) is 0 Å². The zero-order valence-corrected chi connectivity index (χ0v) is 15.4. The third-order valence-corrected chi connectivity index (χ3v) is 5.83. The average molecular weight is 362 g/mol. The van der Waals surface area contributed by atoms with Crippen molar-refractivity contribution in [3.63, 3.8) is 0 Å². The molecular weight excluding hydrogens is 347 g/mol. The van der Waals surface area contributed by atoms with Crippen LogP contribution in [0.15, 0.2) is 84.9 Å². The molecule has 4 heteroatoms. The Balaban J connectivity index is 0.00000180. The number of thiazole rings is 1. The summed E-state index contributed by atoms with van der Waals surface area (Å²) < 4.78 is 1.18. The maximum Gasteiger partial charge on any atom is 2.00 e. The SMILES string of the molecule is [Be+2].[O-]c1ccccc1-c1[nH+]c2ccc3cc(-c4ccccc4)ccc3c2s1. The molecule has 0 bridgehead atoms. The second-order valence-electron chi connectivity index (χ2n) is 6.30. The quantitative estimate of drug-likeness (QED) is 0.412. The fourth-order valence-corrected chi connectivity index (χ4v) is 4.51. The molecule has 4 aromatic carbocycles. The zero-order chi connectivity index (χ0) is 17.5. The molecule has 0 fully saturated rings. The van der Waals surface area contributed by atoms with Gasteiger partial charge >= 0.3 is 10.1 Å². The third-order valence-electron chi connectivity index (χ3n) is 4.66. The maximum atomic E-state index is 12.1. The molecule has 1 aromatic heterocycles. The first-order valence-corrected chi connectivity index (χ1v) is 9.32. The summed E-state index contributed by atoms with van der Waals surface area (Å²) >= 11 is 1.64. The van der Waals surface area contributed by atoms with Crippen LogP contribution in [0.2, 0.25) is 0 Å². The van der Waals surface area contributed by atoms with Crippen molar-refractivity contribution < 1.29 is 10.1 Å². The van der Waals surface area contributed by atoms with Crippen molar-refractivity contribution in [3.05, 3.63) is 84.9 Å². The normalized spacial score (nSPS) is 10.8. The molecule has 5 aromatic rings. The monoisotopic (exact) mass is 362 g/mol. The van der Waals surface area contributed by atoms with E-state index in [0.717, 1.165) is 16.1 Å². The minimum Gasteiger partial charge on any atom is -0.872 e. The Morgan fingerprint density at radius 1 is 0.741 bits per heavy atom. The van der Waals surface area contributed by atoms with E-state index in [9.17, 15) is 5.11 Å². The molecule has 0 saturated heterocycles. The molecule has 0 unspecified atom stereocenters. The molecule has 1 N–H and O–H groups in total. The van der Waals surface area contributed by atoms with Gasteiger partial charge in [-0.1, -0.05) is 77.7 Å². The molecule has 0 radical (unpaired) electrons. The van der Waals surface area contributed by atoms with Gasteiger partial charge in [0.15, 0.2) is 0 Å². The fourth-order valence-electron chi connectivity index (χ4n) is 3.35. The van der Waals surface area contributed by atoms with Crippen LogP contribution >= 0.6 is 11.3 Å². The van der Waals surface area contributed by atoms with Crippen LogP contribution < -0.4 is 10.1 Å². The number of nitrogens with one attached hydrogen (secondary N) is 1. The molecular formula is C23H15BeNOS+2. The Kier molecular flexibility index (Phi) is 4.49. The topological polar surface area (TPSA) is 37.2 Å². The second kappa shape index (κ2) is 6.96. The number of rotatable bonds is 2. The van der Waals surface area contributed by atoms with Crippen LogP contribution in [-0.4, -0.2) is 10.1 Å². The number of para-hydroxylation sites is 1. The minimum atomic E-state index is 0. The van der Waals surface area contributed by atoms with Crippen LogP contribution in [0.3, 0.4) is 0 Å². The molecule has 0 amide bonds. The number of hydrogen-bond donors (Lipinski definition) is 0. The molecule has 0 aliphatic rings. The van der Waals surface area contributed by atoms with Crippen LogP contribution in [0.5, 0.6) is 5.75 Å². The van der Waals surface area contributed by atoms with Gasteiger partial charge in [0.25, 0.3) is 5.01 Å². The smallest absolute Gasteiger partial charge is 0.872 e. The number of benzene rings is 4. The largest absolute Gasteiger partial charge is 2.00 e. The molecule has 0 atom stereocenters. The van der Waals surface area contributed by atoms with Gasteiger partial charge in [-0.15, -0.1) is 0 Å². The summed E-state index contributed by atoms with van der Waals surface area (Å²) in [7, 11) is 0. The van der Waals surface area contributed by atoms with Crippen molar-refractivity contribution in [2.75, 3.05) is 0 Å². The van der Waals surface area contributed by atoms with Crippen molar-refractivity contribution in [2.24, 2.45) is 0 Å². The summed E-state index contributed by atoms with van der Waals surface area (Å²) in [6.07, 6.45) is 0. The molecule has 27 heavy (non-hydrogen) atoms. The number of aromatic nitrogens is 1.